The first-order chi connectivity index (χ1) is 11.1. The number of amides is 1. The zero-order valence-electron chi connectivity index (χ0n) is 13.7. The van der Waals surface area contributed by atoms with Crippen LogP contribution in [0.5, 0.6) is 0 Å². The van der Waals surface area contributed by atoms with Crippen LogP contribution >= 0.6 is 0 Å². The van der Waals surface area contributed by atoms with Crippen LogP contribution < -0.4 is 5.56 Å². The van der Waals surface area contributed by atoms with E-state index in [4.69, 9.17) is 4.74 Å². The molecule has 2 aliphatic heterocycles. The first-order valence-electron chi connectivity index (χ1n) is 8.38. The van der Waals surface area contributed by atoms with E-state index in [-0.39, 0.29) is 17.4 Å². The van der Waals surface area contributed by atoms with Crippen molar-refractivity contribution < 1.29 is 9.53 Å². The second-order valence-electron chi connectivity index (χ2n) is 6.50. The molecule has 6 heteroatoms. The van der Waals surface area contributed by atoms with Crippen LogP contribution in [0.4, 0.5) is 0 Å². The lowest BCUT2D eigenvalue weighted by Crippen LogP contribution is -2.48. The molecule has 3 rings (SSSR count). The van der Waals surface area contributed by atoms with Crippen molar-refractivity contribution in [2.24, 2.45) is 13.0 Å². The molecule has 1 amide bonds. The minimum absolute atomic E-state index is 0.0143. The second-order valence-corrected chi connectivity index (χ2v) is 6.50. The highest BCUT2D eigenvalue weighted by molar-refractivity contribution is 5.79. The van der Waals surface area contributed by atoms with Gasteiger partial charge >= 0.3 is 0 Å². The summed E-state index contributed by atoms with van der Waals surface area (Å²) in [6.45, 7) is 5.23. The number of pyridine rings is 1. The van der Waals surface area contributed by atoms with Crippen LogP contribution in [0, 0.1) is 5.92 Å². The van der Waals surface area contributed by atoms with Crippen LogP contribution in [0.1, 0.15) is 18.4 Å². The maximum absolute atomic E-state index is 12.6. The molecule has 0 aromatic carbocycles. The van der Waals surface area contributed by atoms with E-state index in [0.29, 0.717) is 26.3 Å². The number of ether oxygens (including phenoxy) is 1. The Bertz CT molecular complexity index is 607. The van der Waals surface area contributed by atoms with Crippen LogP contribution in [0.2, 0.25) is 0 Å². The predicted octanol–water partition coefficient (Wildman–Crippen LogP) is 0.456. The fraction of sp³-hybridized carbons (Fsp3) is 0.647. The summed E-state index contributed by atoms with van der Waals surface area (Å²) >= 11 is 0. The van der Waals surface area contributed by atoms with Crippen LogP contribution in [-0.4, -0.2) is 59.7 Å². The molecule has 0 unspecified atom stereocenters. The molecule has 2 fully saturated rings. The summed E-state index contributed by atoms with van der Waals surface area (Å²) < 4.78 is 6.90. The summed E-state index contributed by atoms with van der Waals surface area (Å²) in [5.41, 5.74) is 1.04. The standard InChI is InChI=1S/C17H25N3O3/c1-18-6-4-14(11-16(18)21)12-19-5-2-3-15(13-19)17(22)20-7-9-23-10-8-20/h4,6,11,15H,2-3,5,7-10,12-13H2,1H3/t15-/m0/s1. The fourth-order valence-corrected chi connectivity index (χ4v) is 3.39. The summed E-state index contributed by atoms with van der Waals surface area (Å²) in [5, 5.41) is 0. The van der Waals surface area contributed by atoms with Crippen molar-refractivity contribution in [3.8, 4) is 0 Å². The first-order valence-corrected chi connectivity index (χ1v) is 8.38. The zero-order valence-corrected chi connectivity index (χ0v) is 13.7. The van der Waals surface area contributed by atoms with Gasteiger partial charge in [0.05, 0.1) is 19.1 Å². The third-order valence-corrected chi connectivity index (χ3v) is 4.75. The molecule has 126 valence electrons. The molecule has 1 aromatic rings. The highest BCUT2D eigenvalue weighted by Gasteiger charge is 2.30. The molecule has 1 atom stereocenters. The van der Waals surface area contributed by atoms with E-state index in [9.17, 15) is 9.59 Å². The summed E-state index contributed by atoms with van der Waals surface area (Å²) in [7, 11) is 1.75. The quantitative estimate of drug-likeness (QED) is 0.812. The van der Waals surface area contributed by atoms with Gasteiger partial charge in [-0.2, -0.15) is 0 Å². The zero-order chi connectivity index (χ0) is 16.2. The van der Waals surface area contributed by atoms with Crippen molar-refractivity contribution in [1.29, 1.82) is 0 Å². The van der Waals surface area contributed by atoms with Gasteiger partial charge in [0.1, 0.15) is 0 Å². The number of carbonyl (C=O) groups excluding carboxylic acids is 1. The monoisotopic (exact) mass is 319 g/mol. The highest BCUT2D eigenvalue weighted by Crippen LogP contribution is 2.21. The van der Waals surface area contributed by atoms with Crippen molar-refractivity contribution in [2.75, 3.05) is 39.4 Å². The molecule has 3 heterocycles. The number of hydrogen-bond acceptors (Lipinski definition) is 4. The van der Waals surface area contributed by atoms with Gasteiger partial charge in [-0.05, 0) is 31.0 Å². The van der Waals surface area contributed by atoms with Crippen molar-refractivity contribution >= 4 is 5.91 Å². The first kappa shape index (κ1) is 16.2. The predicted molar refractivity (Wildman–Crippen MR) is 87.1 cm³/mol. The van der Waals surface area contributed by atoms with Crippen molar-refractivity contribution in [1.82, 2.24) is 14.4 Å². The number of rotatable bonds is 3. The Kier molecular flexibility index (Phi) is 5.13. The number of likely N-dealkylation sites (tertiary alicyclic amines) is 1. The lowest BCUT2D eigenvalue weighted by molar-refractivity contribution is -0.141. The van der Waals surface area contributed by atoms with Gasteiger partial charge < -0.3 is 14.2 Å². The number of aryl methyl sites for hydroxylation is 1. The molecule has 0 aliphatic carbocycles. The van der Waals surface area contributed by atoms with Gasteiger partial charge in [-0.3, -0.25) is 14.5 Å². The van der Waals surface area contributed by atoms with Gasteiger partial charge in [0, 0.05) is 45.5 Å². The average molecular weight is 319 g/mol. The van der Waals surface area contributed by atoms with Crippen LogP contribution in [0.25, 0.3) is 0 Å². The topological polar surface area (TPSA) is 54.8 Å². The average Bonchev–Trinajstić information content (AvgIpc) is 2.58. The lowest BCUT2D eigenvalue weighted by Gasteiger charge is -2.36. The molecule has 0 bridgehead atoms. The van der Waals surface area contributed by atoms with E-state index in [0.717, 1.165) is 38.0 Å². The second kappa shape index (κ2) is 7.27. The number of nitrogens with zero attached hydrogens (tertiary/aromatic N) is 3. The largest absolute Gasteiger partial charge is 0.378 e. The highest BCUT2D eigenvalue weighted by atomic mass is 16.5. The molecule has 0 radical (unpaired) electrons. The van der Waals surface area contributed by atoms with Crippen LogP contribution in [-0.2, 0) is 23.1 Å². The van der Waals surface area contributed by atoms with E-state index < -0.39 is 0 Å². The van der Waals surface area contributed by atoms with Crippen molar-refractivity contribution in [2.45, 2.75) is 19.4 Å². The molecule has 23 heavy (non-hydrogen) atoms. The molecule has 0 saturated carbocycles. The molecule has 0 spiro atoms. The van der Waals surface area contributed by atoms with Gasteiger partial charge in [-0.15, -0.1) is 0 Å². The minimum atomic E-state index is 0.0143. The summed E-state index contributed by atoms with van der Waals surface area (Å²) in [5.74, 6) is 0.343. The summed E-state index contributed by atoms with van der Waals surface area (Å²) in [6.07, 6.45) is 3.80. The number of piperidine rings is 1. The Balaban J connectivity index is 1.60. The Labute approximate surface area is 136 Å². The third kappa shape index (κ3) is 4.00. The molecule has 1 aromatic heterocycles. The molecule has 2 aliphatic rings. The van der Waals surface area contributed by atoms with Crippen molar-refractivity contribution in [3.05, 3.63) is 34.2 Å². The normalized spacial score (nSPS) is 23.0. The molecule has 2 saturated heterocycles. The molecular weight excluding hydrogens is 294 g/mol. The van der Waals surface area contributed by atoms with Gasteiger partial charge in [-0.1, -0.05) is 0 Å². The van der Waals surface area contributed by atoms with Crippen LogP contribution in [0.15, 0.2) is 23.1 Å². The third-order valence-electron chi connectivity index (χ3n) is 4.75. The SMILES string of the molecule is Cn1ccc(CN2CCC[C@H](C(=O)N3CCOCC3)C2)cc1=O. The Morgan fingerprint density at radius 2 is 2.09 bits per heavy atom. The van der Waals surface area contributed by atoms with Gasteiger partial charge in [0.2, 0.25) is 5.91 Å². The molecule has 0 N–H and O–H groups in total. The molecular formula is C17H25N3O3. The van der Waals surface area contributed by atoms with Gasteiger partial charge in [0.15, 0.2) is 0 Å². The van der Waals surface area contributed by atoms with E-state index in [1.54, 1.807) is 23.9 Å². The molecule has 6 nitrogen and oxygen atoms in total. The number of aromatic nitrogens is 1. The fourth-order valence-electron chi connectivity index (χ4n) is 3.39. The van der Waals surface area contributed by atoms with Crippen molar-refractivity contribution in [3.63, 3.8) is 0 Å². The maximum Gasteiger partial charge on any atom is 0.250 e. The summed E-state index contributed by atoms with van der Waals surface area (Å²) in [4.78, 5) is 28.6. The maximum atomic E-state index is 12.6. The smallest absolute Gasteiger partial charge is 0.250 e. The van der Waals surface area contributed by atoms with E-state index in [1.165, 1.54) is 0 Å². The van der Waals surface area contributed by atoms with Crippen LogP contribution in [0.3, 0.4) is 0 Å². The Hall–Kier alpha value is -1.66. The Morgan fingerprint density at radius 1 is 1.30 bits per heavy atom. The van der Waals surface area contributed by atoms with Gasteiger partial charge in [-0.25, -0.2) is 0 Å². The Morgan fingerprint density at radius 3 is 2.83 bits per heavy atom. The van der Waals surface area contributed by atoms with E-state index >= 15 is 0 Å². The number of carbonyl (C=O) groups is 1. The number of hydrogen-bond donors (Lipinski definition) is 0. The van der Waals surface area contributed by atoms with E-state index in [2.05, 4.69) is 4.90 Å². The van der Waals surface area contributed by atoms with Gasteiger partial charge in [0.25, 0.3) is 5.56 Å². The van der Waals surface area contributed by atoms with E-state index in [1.807, 2.05) is 11.0 Å². The number of morpholine rings is 1. The summed E-state index contributed by atoms with van der Waals surface area (Å²) in [6, 6.07) is 3.67. The minimum Gasteiger partial charge on any atom is -0.378 e. The lowest BCUT2D eigenvalue weighted by atomic mass is 9.96.